The third kappa shape index (κ3) is 3.33. The van der Waals surface area contributed by atoms with Crippen molar-refractivity contribution in [3.05, 3.63) is 17.5 Å². The van der Waals surface area contributed by atoms with Crippen LogP contribution in [0.3, 0.4) is 0 Å². The lowest BCUT2D eigenvalue weighted by Gasteiger charge is -2.42. The minimum Gasteiger partial charge on any atom is -0.316 e. The Balaban J connectivity index is 1.64. The van der Waals surface area contributed by atoms with Crippen LogP contribution >= 0.6 is 0 Å². The van der Waals surface area contributed by atoms with Crippen molar-refractivity contribution in [2.75, 3.05) is 7.05 Å². The molecule has 2 aliphatic rings. The molecule has 0 spiro atoms. The van der Waals surface area contributed by atoms with Gasteiger partial charge in [-0.15, -0.1) is 0 Å². The molecule has 0 aromatic carbocycles. The lowest BCUT2D eigenvalue weighted by molar-refractivity contribution is 0.110. The van der Waals surface area contributed by atoms with Crippen molar-refractivity contribution in [2.24, 2.45) is 24.8 Å². The van der Waals surface area contributed by atoms with Gasteiger partial charge in [-0.25, -0.2) is 0 Å². The molecule has 0 aliphatic heterocycles. The van der Waals surface area contributed by atoms with Crippen LogP contribution in [0, 0.1) is 24.7 Å². The Kier molecular flexibility index (Phi) is 4.68. The Morgan fingerprint density at radius 2 is 2.00 bits per heavy atom. The molecule has 0 amide bonds. The number of nitrogens with zero attached hydrogens (tertiary/aromatic N) is 2. The largest absolute Gasteiger partial charge is 0.316 e. The first-order valence-corrected chi connectivity index (χ1v) is 8.84. The quantitative estimate of drug-likeness (QED) is 0.920. The van der Waals surface area contributed by atoms with Crippen LogP contribution in [0.25, 0.3) is 0 Å². The molecule has 2 fully saturated rings. The zero-order valence-corrected chi connectivity index (χ0v) is 13.9. The first-order valence-electron chi connectivity index (χ1n) is 8.84. The first kappa shape index (κ1) is 15.1. The normalized spacial score (nSPS) is 30.9. The molecule has 3 rings (SSSR count). The maximum atomic E-state index is 4.50. The van der Waals surface area contributed by atoms with Gasteiger partial charge in [-0.1, -0.05) is 25.7 Å². The lowest BCUT2D eigenvalue weighted by Crippen LogP contribution is -2.41. The van der Waals surface area contributed by atoms with Crippen LogP contribution in [0.2, 0.25) is 0 Å². The summed E-state index contributed by atoms with van der Waals surface area (Å²) >= 11 is 0. The van der Waals surface area contributed by atoms with Gasteiger partial charge >= 0.3 is 0 Å². The van der Waals surface area contributed by atoms with Crippen LogP contribution < -0.4 is 5.32 Å². The van der Waals surface area contributed by atoms with Crippen molar-refractivity contribution in [1.29, 1.82) is 0 Å². The van der Waals surface area contributed by atoms with E-state index >= 15 is 0 Å². The second-order valence-electron chi connectivity index (χ2n) is 7.38. The van der Waals surface area contributed by atoms with E-state index in [4.69, 9.17) is 0 Å². The van der Waals surface area contributed by atoms with Crippen molar-refractivity contribution in [3.63, 3.8) is 0 Å². The smallest absolute Gasteiger partial charge is 0.0596 e. The minimum atomic E-state index is 0.614. The van der Waals surface area contributed by atoms with E-state index in [9.17, 15) is 0 Å². The van der Waals surface area contributed by atoms with E-state index < -0.39 is 0 Å². The number of likely N-dealkylation sites (N-methyl/N-ethyl adjacent to an activating group) is 1. The molecule has 118 valence electrons. The molecule has 1 N–H and O–H groups in total. The zero-order chi connectivity index (χ0) is 14.8. The molecule has 1 aromatic heterocycles. The summed E-state index contributed by atoms with van der Waals surface area (Å²) in [6.45, 7) is 2.09. The highest BCUT2D eigenvalue weighted by Gasteiger charge is 2.35. The highest BCUT2D eigenvalue weighted by molar-refractivity contribution is 5.10. The Morgan fingerprint density at radius 1 is 1.24 bits per heavy atom. The molecule has 0 bridgehead atoms. The standard InChI is InChI=1S/C18H31N3/c1-13-10-17(21(3)20-13)12-18(19-2)16-9-8-14-6-4-5-7-15(14)11-16/h10,14-16,18-19H,4-9,11-12H2,1-3H3. The van der Waals surface area contributed by atoms with Crippen molar-refractivity contribution in [1.82, 2.24) is 15.1 Å². The highest BCUT2D eigenvalue weighted by atomic mass is 15.3. The second-order valence-corrected chi connectivity index (χ2v) is 7.38. The van der Waals surface area contributed by atoms with Gasteiger partial charge in [0.2, 0.25) is 0 Å². The predicted octanol–water partition coefficient (Wildman–Crippen LogP) is 3.47. The van der Waals surface area contributed by atoms with Gasteiger partial charge in [0.05, 0.1) is 5.69 Å². The summed E-state index contributed by atoms with van der Waals surface area (Å²) in [5, 5.41) is 8.11. The van der Waals surface area contributed by atoms with Crippen molar-refractivity contribution in [2.45, 2.75) is 64.3 Å². The van der Waals surface area contributed by atoms with Gasteiger partial charge in [-0.2, -0.15) is 5.10 Å². The topological polar surface area (TPSA) is 29.9 Å². The van der Waals surface area contributed by atoms with Gasteiger partial charge in [0.15, 0.2) is 0 Å². The van der Waals surface area contributed by atoms with E-state index in [1.165, 1.54) is 50.6 Å². The van der Waals surface area contributed by atoms with E-state index in [-0.39, 0.29) is 0 Å². The summed E-state index contributed by atoms with van der Waals surface area (Å²) in [6, 6.07) is 2.86. The number of hydrogen-bond donors (Lipinski definition) is 1. The van der Waals surface area contributed by atoms with Crippen molar-refractivity contribution >= 4 is 0 Å². The second kappa shape index (κ2) is 6.51. The van der Waals surface area contributed by atoms with Crippen LogP contribution in [0.4, 0.5) is 0 Å². The maximum absolute atomic E-state index is 4.50. The Morgan fingerprint density at radius 3 is 2.67 bits per heavy atom. The van der Waals surface area contributed by atoms with Crippen molar-refractivity contribution < 1.29 is 0 Å². The molecule has 3 nitrogen and oxygen atoms in total. The molecule has 4 atom stereocenters. The van der Waals surface area contributed by atoms with Crippen LogP contribution in [0.15, 0.2) is 6.07 Å². The molecular weight excluding hydrogens is 258 g/mol. The molecule has 0 saturated heterocycles. The SMILES string of the molecule is CNC(Cc1cc(C)nn1C)C1CCC2CCCCC2C1. The first-order chi connectivity index (χ1) is 10.2. The van der Waals surface area contributed by atoms with E-state index in [1.54, 1.807) is 0 Å². The average molecular weight is 289 g/mol. The van der Waals surface area contributed by atoms with Crippen LogP contribution in [-0.2, 0) is 13.5 Å². The van der Waals surface area contributed by atoms with E-state index in [2.05, 4.69) is 42.2 Å². The molecule has 2 saturated carbocycles. The van der Waals surface area contributed by atoms with E-state index in [1.807, 2.05) is 0 Å². The number of nitrogens with one attached hydrogen (secondary N) is 1. The number of rotatable bonds is 4. The van der Waals surface area contributed by atoms with E-state index in [0.29, 0.717) is 6.04 Å². The number of hydrogen-bond acceptors (Lipinski definition) is 2. The van der Waals surface area contributed by atoms with Gasteiger partial charge in [-0.3, -0.25) is 4.68 Å². The van der Waals surface area contributed by atoms with Gasteiger partial charge < -0.3 is 5.32 Å². The average Bonchev–Trinajstić information content (AvgIpc) is 2.82. The van der Waals surface area contributed by atoms with Gasteiger partial charge in [0, 0.05) is 25.2 Å². The summed E-state index contributed by atoms with van der Waals surface area (Å²) < 4.78 is 2.06. The molecule has 0 radical (unpaired) electrons. The Hall–Kier alpha value is -0.830. The molecular formula is C18H31N3. The number of fused-ring (bicyclic) bond motifs is 1. The number of aromatic nitrogens is 2. The van der Waals surface area contributed by atoms with Crippen molar-refractivity contribution in [3.8, 4) is 0 Å². The fourth-order valence-corrected chi connectivity index (χ4v) is 4.86. The summed E-state index contributed by atoms with van der Waals surface area (Å²) in [7, 11) is 4.22. The summed E-state index contributed by atoms with van der Waals surface area (Å²) in [6.07, 6.45) is 11.4. The fourth-order valence-electron chi connectivity index (χ4n) is 4.86. The summed E-state index contributed by atoms with van der Waals surface area (Å²) in [4.78, 5) is 0. The van der Waals surface area contributed by atoms with E-state index in [0.717, 1.165) is 29.9 Å². The van der Waals surface area contributed by atoms with Gasteiger partial charge in [0.1, 0.15) is 0 Å². The highest BCUT2D eigenvalue weighted by Crippen LogP contribution is 2.43. The van der Waals surface area contributed by atoms with Crippen LogP contribution in [0.1, 0.15) is 56.3 Å². The molecule has 2 aliphatic carbocycles. The fraction of sp³-hybridized carbons (Fsp3) is 0.833. The zero-order valence-electron chi connectivity index (χ0n) is 13.9. The molecule has 3 heteroatoms. The molecule has 1 heterocycles. The van der Waals surface area contributed by atoms with Gasteiger partial charge in [-0.05, 0) is 57.1 Å². The lowest BCUT2D eigenvalue weighted by atomic mass is 9.66. The van der Waals surface area contributed by atoms with Crippen LogP contribution in [-0.4, -0.2) is 22.9 Å². The minimum absolute atomic E-state index is 0.614. The third-order valence-corrected chi connectivity index (χ3v) is 6.05. The molecule has 1 aromatic rings. The Labute approximate surface area is 129 Å². The summed E-state index contributed by atoms with van der Waals surface area (Å²) in [5.74, 6) is 2.91. The predicted molar refractivity (Wildman–Crippen MR) is 87.3 cm³/mol. The summed E-state index contributed by atoms with van der Waals surface area (Å²) in [5.41, 5.74) is 2.51. The molecule has 4 unspecified atom stereocenters. The third-order valence-electron chi connectivity index (χ3n) is 6.05. The van der Waals surface area contributed by atoms with Crippen LogP contribution in [0.5, 0.6) is 0 Å². The monoisotopic (exact) mass is 289 g/mol. The number of aryl methyl sites for hydroxylation is 2. The van der Waals surface area contributed by atoms with Gasteiger partial charge in [0.25, 0.3) is 0 Å². The Bertz CT molecular complexity index is 465. The molecule has 21 heavy (non-hydrogen) atoms. The maximum Gasteiger partial charge on any atom is 0.0596 e.